The van der Waals surface area contributed by atoms with Crippen molar-refractivity contribution < 1.29 is 13.6 Å². The fourth-order valence-corrected chi connectivity index (χ4v) is 3.87. The van der Waals surface area contributed by atoms with Crippen molar-refractivity contribution in [3.63, 3.8) is 0 Å². The van der Waals surface area contributed by atoms with Crippen LogP contribution in [-0.4, -0.2) is 17.0 Å². The number of fused-ring (bicyclic) bond motifs is 1. The normalized spacial score (nSPS) is 13.2. The van der Waals surface area contributed by atoms with Gasteiger partial charge in [0.1, 0.15) is 11.6 Å². The van der Waals surface area contributed by atoms with E-state index < -0.39 is 17.7 Å². The van der Waals surface area contributed by atoms with Crippen LogP contribution >= 0.6 is 0 Å². The number of hydrogen-bond acceptors (Lipinski definition) is 1. The van der Waals surface area contributed by atoms with Gasteiger partial charge in [0, 0.05) is 18.7 Å². The van der Waals surface area contributed by atoms with Crippen LogP contribution in [0, 0.1) is 18.6 Å². The van der Waals surface area contributed by atoms with Gasteiger partial charge in [-0.15, -0.1) is 0 Å². The Morgan fingerprint density at radius 2 is 1.66 bits per heavy atom. The number of aryl methyl sites for hydroxylation is 1. The van der Waals surface area contributed by atoms with Crippen LogP contribution in [0.15, 0.2) is 66.7 Å². The minimum atomic E-state index is -0.788. The number of anilines is 1. The molecule has 3 nitrogen and oxygen atoms in total. The van der Waals surface area contributed by atoms with Gasteiger partial charge in [-0.1, -0.05) is 48.5 Å². The maximum Gasteiger partial charge on any atom is 0.322 e. The first-order chi connectivity index (χ1) is 14.0. The molecule has 2 amide bonds. The van der Waals surface area contributed by atoms with Gasteiger partial charge in [-0.05, 0) is 54.2 Å². The van der Waals surface area contributed by atoms with Crippen molar-refractivity contribution in [2.45, 2.75) is 32.4 Å². The van der Waals surface area contributed by atoms with Gasteiger partial charge in [-0.3, -0.25) is 0 Å². The lowest BCUT2D eigenvalue weighted by atomic mass is 10.1. The van der Waals surface area contributed by atoms with Crippen LogP contribution in [0.3, 0.4) is 0 Å². The first kappa shape index (κ1) is 19.1. The zero-order valence-corrected chi connectivity index (χ0v) is 16.2. The molecule has 0 heterocycles. The quantitative estimate of drug-likeness (QED) is 0.627. The van der Waals surface area contributed by atoms with E-state index in [4.69, 9.17) is 0 Å². The molecule has 29 heavy (non-hydrogen) atoms. The van der Waals surface area contributed by atoms with E-state index >= 15 is 0 Å². The Hall–Kier alpha value is -3.21. The van der Waals surface area contributed by atoms with Gasteiger partial charge in [-0.25, -0.2) is 13.6 Å². The van der Waals surface area contributed by atoms with Crippen LogP contribution in [0.5, 0.6) is 0 Å². The number of amides is 2. The molecule has 0 saturated carbocycles. The molecule has 3 aromatic carbocycles. The standard InChI is InChI=1S/C24H22F2N2O/c1-16-6-2-3-9-19(16)15-28(21-12-17-7-4-5-8-18(17)13-21)24(29)27-23-11-10-20(25)14-22(23)26/h2-11,14,21H,12-13,15H2,1H3,(H,27,29). The van der Waals surface area contributed by atoms with Crippen LogP contribution in [0.4, 0.5) is 19.3 Å². The number of hydrogen-bond donors (Lipinski definition) is 1. The van der Waals surface area contributed by atoms with Gasteiger partial charge >= 0.3 is 6.03 Å². The van der Waals surface area contributed by atoms with Crippen molar-refractivity contribution in [1.29, 1.82) is 0 Å². The first-order valence-electron chi connectivity index (χ1n) is 9.65. The SMILES string of the molecule is Cc1ccccc1CN(C(=O)Nc1ccc(F)cc1F)C1Cc2ccccc2C1. The summed E-state index contributed by atoms with van der Waals surface area (Å²) in [6.07, 6.45) is 1.50. The number of nitrogens with zero attached hydrogens (tertiary/aromatic N) is 1. The molecule has 3 aromatic rings. The van der Waals surface area contributed by atoms with Gasteiger partial charge in [0.15, 0.2) is 0 Å². The van der Waals surface area contributed by atoms with Crippen LogP contribution in [0.1, 0.15) is 22.3 Å². The Morgan fingerprint density at radius 3 is 2.31 bits per heavy atom. The average Bonchev–Trinajstić information content (AvgIpc) is 3.13. The third-order valence-electron chi connectivity index (χ3n) is 5.51. The van der Waals surface area contributed by atoms with Gasteiger partial charge < -0.3 is 10.2 Å². The number of carbonyl (C=O) groups excluding carboxylic acids is 1. The van der Waals surface area contributed by atoms with Gasteiger partial charge in [0.05, 0.1) is 5.69 Å². The Labute approximate surface area is 169 Å². The second-order valence-electron chi connectivity index (χ2n) is 7.44. The molecule has 0 saturated heterocycles. The largest absolute Gasteiger partial charge is 0.322 e. The Balaban J connectivity index is 1.61. The highest BCUT2D eigenvalue weighted by atomic mass is 19.1. The monoisotopic (exact) mass is 392 g/mol. The molecule has 1 aliphatic rings. The van der Waals surface area contributed by atoms with Crippen molar-refractivity contribution in [3.05, 3.63) is 101 Å². The summed E-state index contributed by atoms with van der Waals surface area (Å²) in [6.45, 7) is 2.43. The summed E-state index contributed by atoms with van der Waals surface area (Å²) in [6, 6.07) is 18.8. The van der Waals surface area contributed by atoms with E-state index in [1.807, 2.05) is 43.3 Å². The van der Waals surface area contributed by atoms with E-state index in [-0.39, 0.29) is 11.7 Å². The van der Waals surface area contributed by atoms with E-state index in [9.17, 15) is 13.6 Å². The summed E-state index contributed by atoms with van der Waals surface area (Å²) in [5.41, 5.74) is 4.56. The highest BCUT2D eigenvalue weighted by molar-refractivity contribution is 5.89. The molecule has 0 atom stereocenters. The molecular weight excluding hydrogens is 370 g/mol. The zero-order valence-electron chi connectivity index (χ0n) is 16.2. The van der Waals surface area contributed by atoms with E-state index in [2.05, 4.69) is 17.4 Å². The third-order valence-corrected chi connectivity index (χ3v) is 5.51. The summed E-state index contributed by atoms with van der Waals surface area (Å²) in [5.74, 6) is -1.47. The predicted molar refractivity (Wildman–Crippen MR) is 110 cm³/mol. The number of urea groups is 1. The molecule has 4 rings (SSSR count). The zero-order chi connectivity index (χ0) is 20.4. The average molecular weight is 392 g/mol. The Kier molecular flexibility index (Phi) is 5.30. The highest BCUT2D eigenvalue weighted by Crippen LogP contribution is 2.28. The van der Waals surface area contributed by atoms with E-state index in [1.54, 1.807) is 4.90 Å². The van der Waals surface area contributed by atoms with Crippen molar-refractivity contribution in [2.75, 3.05) is 5.32 Å². The van der Waals surface area contributed by atoms with Gasteiger partial charge in [0.25, 0.3) is 0 Å². The number of rotatable bonds is 4. The highest BCUT2D eigenvalue weighted by Gasteiger charge is 2.30. The topological polar surface area (TPSA) is 32.3 Å². The number of halogens is 2. The van der Waals surface area contributed by atoms with Crippen LogP contribution in [0.25, 0.3) is 0 Å². The summed E-state index contributed by atoms with van der Waals surface area (Å²) < 4.78 is 27.3. The molecule has 0 fully saturated rings. The van der Waals surface area contributed by atoms with Crippen molar-refractivity contribution >= 4 is 11.7 Å². The molecule has 1 aliphatic carbocycles. The second-order valence-corrected chi connectivity index (χ2v) is 7.44. The smallest absolute Gasteiger partial charge is 0.317 e. The minimum absolute atomic E-state index is 0.0262. The third kappa shape index (κ3) is 4.14. The second kappa shape index (κ2) is 8.03. The van der Waals surface area contributed by atoms with Gasteiger partial charge in [-0.2, -0.15) is 0 Å². The van der Waals surface area contributed by atoms with Crippen molar-refractivity contribution in [1.82, 2.24) is 4.90 Å². The van der Waals surface area contributed by atoms with Gasteiger partial charge in [0.2, 0.25) is 0 Å². The fraction of sp³-hybridized carbons (Fsp3) is 0.208. The van der Waals surface area contributed by atoms with E-state index in [1.165, 1.54) is 17.2 Å². The molecule has 0 aromatic heterocycles. The molecule has 0 radical (unpaired) electrons. The minimum Gasteiger partial charge on any atom is -0.317 e. The lowest BCUT2D eigenvalue weighted by molar-refractivity contribution is 0.185. The molecule has 0 bridgehead atoms. The van der Waals surface area contributed by atoms with Crippen molar-refractivity contribution in [3.8, 4) is 0 Å². The first-order valence-corrected chi connectivity index (χ1v) is 9.65. The molecule has 0 unspecified atom stereocenters. The molecule has 148 valence electrons. The molecule has 5 heteroatoms. The van der Waals surface area contributed by atoms with Crippen molar-refractivity contribution in [2.24, 2.45) is 0 Å². The number of nitrogens with one attached hydrogen (secondary N) is 1. The van der Waals surface area contributed by atoms with Crippen LogP contribution in [-0.2, 0) is 19.4 Å². The Bertz CT molecular complexity index is 1030. The summed E-state index contributed by atoms with van der Waals surface area (Å²) in [4.78, 5) is 14.9. The summed E-state index contributed by atoms with van der Waals surface area (Å²) in [7, 11) is 0. The van der Waals surface area contributed by atoms with E-state index in [0.29, 0.717) is 6.54 Å². The lowest BCUT2D eigenvalue weighted by Gasteiger charge is -2.30. The number of carbonyl (C=O) groups is 1. The molecule has 0 spiro atoms. The van der Waals surface area contributed by atoms with Crippen LogP contribution in [0.2, 0.25) is 0 Å². The maximum absolute atomic E-state index is 14.1. The molecule has 1 N–H and O–H groups in total. The fourth-order valence-electron chi connectivity index (χ4n) is 3.87. The predicted octanol–water partition coefficient (Wildman–Crippen LogP) is 5.47. The summed E-state index contributed by atoms with van der Waals surface area (Å²) in [5, 5.41) is 2.63. The van der Waals surface area contributed by atoms with E-state index in [0.717, 1.165) is 36.1 Å². The Morgan fingerprint density at radius 1 is 1.00 bits per heavy atom. The lowest BCUT2D eigenvalue weighted by Crippen LogP contribution is -2.43. The molecule has 0 aliphatic heterocycles. The summed E-state index contributed by atoms with van der Waals surface area (Å²) >= 11 is 0. The van der Waals surface area contributed by atoms with Crippen LogP contribution < -0.4 is 5.32 Å². The number of benzene rings is 3. The maximum atomic E-state index is 14.1. The molecular formula is C24H22F2N2O.